The fourth-order valence-corrected chi connectivity index (χ4v) is 1.84. The summed E-state index contributed by atoms with van der Waals surface area (Å²) < 4.78 is 39.9. The van der Waals surface area contributed by atoms with Gasteiger partial charge in [0.05, 0.1) is 17.4 Å². The minimum atomic E-state index is -4.39. The lowest BCUT2D eigenvalue weighted by molar-refractivity contribution is -0.137. The van der Waals surface area contributed by atoms with Crippen LogP contribution >= 0.6 is 0 Å². The lowest BCUT2D eigenvalue weighted by Gasteiger charge is -2.12. The predicted molar refractivity (Wildman–Crippen MR) is 65.9 cm³/mol. The summed E-state index contributed by atoms with van der Waals surface area (Å²) in [5, 5.41) is 3.99. The van der Waals surface area contributed by atoms with E-state index in [2.05, 4.69) is 5.10 Å². The molecule has 1 heterocycles. The Hall–Kier alpha value is -1.82. The van der Waals surface area contributed by atoms with Crippen LogP contribution in [0, 0.1) is 0 Å². The number of hydrogen-bond acceptors (Lipinski definition) is 2. The summed E-state index contributed by atoms with van der Waals surface area (Å²) in [4.78, 5) is 0. The van der Waals surface area contributed by atoms with Gasteiger partial charge in [0.1, 0.15) is 0 Å². The van der Waals surface area contributed by atoms with E-state index >= 15 is 0 Å². The molecule has 2 rings (SSSR count). The summed E-state index contributed by atoms with van der Waals surface area (Å²) in [7, 11) is 0. The van der Waals surface area contributed by atoms with Crippen molar-refractivity contribution in [3.8, 4) is 5.69 Å². The second kappa shape index (κ2) is 5.44. The lowest BCUT2D eigenvalue weighted by Crippen LogP contribution is -2.10. The van der Waals surface area contributed by atoms with Gasteiger partial charge in [-0.15, -0.1) is 0 Å². The molecule has 0 spiro atoms. The minimum absolute atomic E-state index is 0.0361. The third kappa shape index (κ3) is 3.14. The van der Waals surface area contributed by atoms with E-state index in [-0.39, 0.29) is 5.69 Å². The fraction of sp³-hybridized carbons (Fsp3) is 0.308. The van der Waals surface area contributed by atoms with Gasteiger partial charge in [-0.05, 0) is 37.1 Å². The quantitative estimate of drug-likeness (QED) is 0.927. The van der Waals surface area contributed by atoms with Gasteiger partial charge in [0.15, 0.2) is 0 Å². The van der Waals surface area contributed by atoms with Crippen molar-refractivity contribution in [3.63, 3.8) is 0 Å². The second-order valence-corrected chi connectivity index (χ2v) is 4.20. The number of alkyl halides is 3. The molecular weight excluding hydrogens is 255 g/mol. The van der Waals surface area contributed by atoms with Gasteiger partial charge in [0, 0.05) is 6.20 Å². The van der Waals surface area contributed by atoms with E-state index in [9.17, 15) is 13.2 Å². The summed E-state index contributed by atoms with van der Waals surface area (Å²) >= 11 is 0. The predicted octanol–water partition coefficient (Wildman–Crippen LogP) is 2.78. The van der Waals surface area contributed by atoms with Gasteiger partial charge in [0.25, 0.3) is 0 Å². The van der Waals surface area contributed by atoms with E-state index in [1.165, 1.54) is 16.8 Å². The van der Waals surface area contributed by atoms with Crippen LogP contribution in [0.25, 0.3) is 5.69 Å². The van der Waals surface area contributed by atoms with Gasteiger partial charge in [0.2, 0.25) is 0 Å². The highest BCUT2D eigenvalue weighted by atomic mass is 19.4. The standard InChI is InChI=1S/C13H14F3N3/c14-13(15,16)11-5-1-2-6-12(11)19-9-10(8-18-19)4-3-7-17/h1-2,5-6,8-9H,3-4,7,17H2. The molecule has 0 aliphatic carbocycles. The molecule has 0 aliphatic heterocycles. The topological polar surface area (TPSA) is 43.8 Å². The number of aromatic nitrogens is 2. The van der Waals surface area contributed by atoms with Crippen molar-refractivity contribution < 1.29 is 13.2 Å². The van der Waals surface area contributed by atoms with Crippen molar-refractivity contribution >= 4 is 0 Å². The minimum Gasteiger partial charge on any atom is -0.330 e. The van der Waals surface area contributed by atoms with E-state index in [4.69, 9.17) is 5.73 Å². The van der Waals surface area contributed by atoms with Crippen LogP contribution in [0.4, 0.5) is 13.2 Å². The summed E-state index contributed by atoms with van der Waals surface area (Å²) in [6.45, 7) is 0.546. The third-order valence-electron chi connectivity index (χ3n) is 2.76. The molecule has 19 heavy (non-hydrogen) atoms. The molecule has 0 radical (unpaired) electrons. The first-order valence-corrected chi connectivity index (χ1v) is 5.92. The van der Waals surface area contributed by atoms with Crippen molar-refractivity contribution in [2.45, 2.75) is 19.0 Å². The number of halogens is 3. The smallest absolute Gasteiger partial charge is 0.330 e. The molecule has 1 aromatic heterocycles. The van der Waals surface area contributed by atoms with Crippen molar-refractivity contribution in [1.82, 2.24) is 9.78 Å². The van der Waals surface area contributed by atoms with Gasteiger partial charge in [-0.3, -0.25) is 0 Å². The highest BCUT2D eigenvalue weighted by Crippen LogP contribution is 2.33. The molecule has 1 aromatic carbocycles. The van der Waals surface area contributed by atoms with Crippen molar-refractivity contribution in [1.29, 1.82) is 0 Å². The van der Waals surface area contributed by atoms with Gasteiger partial charge in [-0.2, -0.15) is 18.3 Å². The molecule has 0 amide bonds. The molecule has 0 atom stereocenters. The number of nitrogens with two attached hydrogens (primary N) is 1. The Kier molecular flexibility index (Phi) is 3.90. The van der Waals surface area contributed by atoms with Crippen molar-refractivity contribution in [2.75, 3.05) is 6.54 Å². The monoisotopic (exact) mass is 269 g/mol. The summed E-state index contributed by atoms with van der Waals surface area (Å²) in [6.07, 6.45) is 0.292. The van der Waals surface area contributed by atoms with Crippen LogP contribution in [0.1, 0.15) is 17.5 Å². The molecular formula is C13H14F3N3. The van der Waals surface area contributed by atoms with Gasteiger partial charge < -0.3 is 5.73 Å². The Bertz CT molecular complexity index is 546. The zero-order valence-electron chi connectivity index (χ0n) is 10.2. The van der Waals surface area contributed by atoms with Crippen LogP contribution in [0.3, 0.4) is 0 Å². The zero-order chi connectivity index (χ0) is 13.9. The molecule has 2 aromatic rings. The van der Waals surface area contributed by atoms with Crippen LogP contribution < -0.4 is 5.73 Å². The molecule has 102 valence electrons. The Balaban J connectivity index is 2.34. The number of aryl methyl sites for hydroxylation is 1. The van der Waals surface area contributed by atoms with E-state index in [0.29, 0.717) is 13.0 Å². The van der Waals surface area contributed by atoms with E-state index in [0.717, 1.165) is 18.1 Å². The third-order valence-corrected chi connectivity index (χ3v) is 2.76. The van der Waals surface area contributed by atoms with E-state index in [1.807, 2.05) is 0 Å². The Labute approximate surface area is 108 Å². The summed E-state index contributed by atoms with van der Waals surface area (Å²) in [6, 6.07) is 5.38. The molecule has 0 fully saturated rings. The first-order chi connectivity index (χ1) is 9.02. The van der Waals surface area contributed by atoms with E-state index < -0.39 is 11.7 Å². The lowest BCUT2D eigenvalue weighted by atomic mass is 10.1. The van der Waals surface area contributed by atoms with Gasteiger partial charge in [-0.25, -0.2) is 4.68 Å². The SMILES string of the molecule is NCCCc1cnn(-c2ccccc2C(F)(F)F)c1. The molecule has 6 heteroatoms. The molecule has 0 saturated carbocycles. The van der Waals surface area contributed by atoms with Crippen LogP contribution in [0.5, 0.6) is 0 Å². The highest BCUT2D eigenvalue weighted by molar-refractivity contribution is 5.42. The molecule has 0 bridgehead atoms. The number of para-hydroxylation sites is 1. The van der Waals surface area contributed by atoms with Crippen LogP contribution in [0.2, 0.25) is 0 Å². The first kappa shape index (κ1) is 13.6. The first-order valence-electron chi connectivity index (χ1n) is 5.92. The maximum absolute atomic E-state index is 12.9. The molecule has 0 unspecified atom stereocenters. The normalized spacial score (nSPS) is 11.8. The summed E-state index contributed by atoms with van der Waals surface area (Å²) in [5.41, 5.74) is 5.62. The molecule has 0 saturated heterocycles. The van der Waals surface area contributed by atoms with E-state index in [1.54, 1.807) is 18.5 Å². The van der Waals surface area contributed by atoms with Crippen molar-refractivity contribution in [2.24, 2.45) is 5.73 Å². The fourth-order valence-electron chi connectivity index (χ4n) is 1.84. The maximum Gasteiger partial charge on any atom is 0.418 e. The highest BCUT2D eigenvalue weighted by Gasteiger charge is 2.33. The van der Waals surface area contributed by atoms with Crippen LogP contribution in [0.15, 0.2) is 36.7 Å². The zero-order valence-corrected chi connectivity index (χ0v) is 10.2. The van der Waals surface area contributed by atoms with Crippen molar-refractivity contribution in [3.05, 3.63) is 47.8 Å². The van der Waals surface area contributed by atoms with Gasteiger partial charge in [-0.1, -0.05) is 12.1 Å². The number of benzene rings is 1. The number of nitrogens with zero attached hydrogens (tertiary/aromatic N) is 2. The second-order valence-electron chi connectivity index (χ2n) is 4.20. The molecule has 3 nitrogen and oxygen atoms in total. The largest absolute Gasteiger partial charge is 0.418 e. The molecule has 0 aliphatic rings. The maximum atomic E-state index is 12.9. The Morgan fingerprint density at radius 2 is 1.95 bits per heavy atom. The number of hydrogen-bond donors (Lipinski definition) is 1. The Morgan fingerprint density at radius 3 is 2.63 bits per heavy atom. The molecule has 2 N–H and O–H groups in total. The number of rotatable bonds is 4. The average molecular weight is 269 g/mol. The average Bonchev–Trinajstić information content (AvgIpc) is 2.84. The summed E-state index contributed by atoms with van der Waals surface area (Å²) in [5.74, 6) is 0. The Morgan fingerprint density at radius 1 is 1.21 bits per heavy atom. The van der Waals surface area contributed by atoms with Gasteiger partial charge >= 0.3 is 6.18 Å². The van der Waals surface area contributed by atoms with Crippen LogP contribution in [-0.4, -0.2) is 16.3 Å². The van der Waals surface area contributed by atoms with Crippen LogP contribution in [-0.2, 0) is 12.6 Å².